The van der Waals surface area contributed by atoms with Crippen LogP contribution in [0.3, 0.4) is 0 Å². The van der Waals surface area contributed by atoms with Gasteiger partial charge < -0.3 is 0 Å². The van der Waals surface area contributed by atoms with Gasteiger partial charge in [-0.2, -0.15) is 0 Å². The van der Waals surface area contributed by atoms with E-state index in [0.717, 1.165) is 4.88 Å². The summed E-state index contributed by atoms with van der Waals surface area (Å²) in [5, 5.41) is 0. The fourth-order valence-electron chi connectivity index (χ4n) is 0.693. The Labute approximate surface area is 67.0 Å². The molecule has 5 heteroatoms. The second-order valence-corrected chi connectivity index (χ2v) is 2.71. The van der Waals surface area contributed by atoms with Crippen LogP contribution in [-0.4, -0.2) is 19.9 Å². The molecule has 0 saturated heterocycles. The molecule has 11 heavy (non-hydrogen) atoms. The molecule has 0 fully saturated rings. The Bertz CT molecular complexity index is 318. The molecule has 0 aliphatic heterocycles. The Morgan fingerprint density at radius 2 is 1.91 bits per heavy atom. The predicted octanol–water partition coefficient (Wildman–Crippen LogP) is 0.995. The second-order valence-electron chi connectivity index (χ2n) is 1.83. The van der Waals surface area contributed by atoms with Gasteiger partial charge in [-0.25, -0.2) is 15.0 Å². The Hall–Kier alpha value is -1.36. The van der Waals surface area contributed by atoms with E-state index < -0.39 is 0 Å². The standard InChI is InChI=1S/C6H4N4S/c1-5(11-4-7-1)6-9-2-8-3-10-6/h1-4H. The average molecular weight is 164 g/mol. The molecule has 0 amide bonds. The molecule has 0 bridgehead atoms. The largest absolute Gasteiger partial charge is 0.252 e. The minimum atomic E-state index is 0.683. The zero-order chi connectivity index (χ0) is 7.52. The molecule has 0 saturated carbocycles. The lowest BCUT2D eigenvalue weighted by Gasteiger charge is -1.89. The van der Waals surface area contributed by atoms with E-state index in [0.29, 0.717) is 5.82 Å². The first kappa shape index (κ1) is 6.36. The van der Waals surface area contributed by atoms with E-state index in [2.05, 4.69) is 19.9 Å². The lowest BCUT2D eigenvalue weighted by molar-refractivity contribution is 1.06. The summed E-state index contributed by atoms with van der Waals surface area (Å²) in [5.41, 5.74) is 1.75. The first-order chi connectivity index (χ1) is 5.47. The van der Waals surface area contributed by atoms with Crippen LogP contribution in [0.1, 0.15) is 0 Å². The first-order valence-corrected chi connectivity index (χ1v) is 3.85. The van der Waals surface area contributed by atoms with Gasteiger partial charge in [-0.05, 0) is 0 Å². The van der Waals surface area contributed by atoms with Crippen molar-refractivity contribution in [3.05, 3.63) is 24.4 Å². The SMILES string of the molecule is c1ncnc(-c2cncs2)n1. The van der Waals surface area contributed by atoms with Gasteiger partial charge in [-0.15, -0.1) is 11.3 Å². The fraction of sp³-hybridized carbons (Fsp3) is 0. The molecule has 2 rings (SSSR count). The van der Waals surface area contributed by atoms with Crippen molar-refractivity contribution < 1.29 is 0 Å². The van der Waals surface area contributed by atoms with Gasteiger partial charge in [-0.3, -0.25) is 4.98 Å². The van der Waals surface area contributed by atoms with Gasteiger partial charge >= 0.3 is 0 Å². The van der Waals surface area contributed by atoms with Gasteiger partial charge in [0.05, 0.1) is 10.4 Å². The van der Waals surface area contributed by atoms with E-state index in [4.69, 9.17) is 0 Å². The number of rotatable bonds is 1. The van der Waals surface area contributed by atoms with Gasteiger partial charge in [0.15, 0.2) is 5.82 Å². The van der Waals surface area contributed by atoms with Gasteiger partial charge in [0, 0.05) is 6.20 Å². The Morgan fingerprint density at radius 3 is 2.55 bits per heavy atom. The molecule has 0 radical (unpaired) electrons. The number of thiazole rings is 1. The van der Waals surface area contributed by atoms with Gasteiger partial charge in [0.25, 0.3) is 0 Å². The third kappa shape index (κ3) is 1.22. The summed E-state index contributed by atoms with van der Waals surface area (Å²) in [6.07, 6.45) is 4.68. The number of aromatic nitrogens is 4. The smallest absolute Gasteiger partial charge is 0.174 e. The van der Waals surface area contributed by atoms with Crippen LogP contribution in [0.4, 0.5) is 0 Å². The van der Waals surface area contributed by atoms with Crippen LogP contribution >= 0.6 is 11.3 Å². The van der Waals surface area contributed by atoms with Crippen LogP contribution in [0, 0.1) is 0 Å². The van der Waals surface area contributed by atoms with Crippen LogP contribution in [0.25, 0.3) is 10.7 Å². The molecule has 0 atom stereocenters. The minimum absolute atomic E-state index is 0.683. The first-order valence-electron chi connectivity index (χ1n) is 2.97. The lowest BCUT2D eigenvalue weighted by atomic mass is 10.5. The Kier molecular flexibility index (Phi) is 1.57. The number of nitrogens with zero attached hydrogens (tertiary/aromatic N) is 4. The van der Waals surface area contributed by atoms with Crippen molar-refractivity contribution in [1.82, 2.24) is 19.9 Å². The maximum Gasteiger partial charge on any atom is 0.174 e. The van der Waals surface area contributed by atoms with E-state index in [9.17, 15) is 0 Å². The lowest BCUT2D eigenvalue weighted by Crippen LogP contribution is -1.85. The second kappa shape index (κ2) is 2.71. The monoisotopic (exact) mass is 164 g/mol. The zero-order valence-electron chi connectivity index (χ0n) is 5.51. The summed E-state index contributed by atoms with van der Waals surface area (Å²) in [4.78, 5) is 16.5. The van der Waals surface area contributed by atoms with Gasteiger partial charge in [0.2, 0.25) is 0 Å². The van der Waals surface area contributed by atoms with E-state index in [1.807, 2.05) is 0 Å². The van der Waals surface area contributed by atoms with Crippen LogP contribution in [0.2, 0.25) is 0 Å². The quantitative estimate of drug-likeness (QED) is 0.630. The molecule has 2 aromatic heterocycles. The van der Waals surface area contributed by atoms with E-state index in [-0.39, 0.29) is 0 Å². The molecule has 2 heterocycles. The van der Waals surface area contributed by atoms with Crippen molar-refractivity contribution in [1.29, 1.82) is 0 Å². The number of hydrogen-bond donors (Lipinski definition) is 0. The molecule has 0 aliphatic rings. The van der Waals surface area contributed by atoms with E-state index in [1.54, 1.807) is 11.7 Å². The maximum atomic E-state index is 3.97. The normalized spacial score (nSPS) is 9.82. The van der Waals surface area contributed by atoms with Crippen LogP contribution in [0.15, 0.2) is 24.4 Å². The molecular weight excluding hydrogens is 160 g/mol. The number of hydrogen-bond acceptors (Lipinski definition) is 5. The summed E-state index contributed by atoms with van der Waals surface area (Å²) in [6, 6.07) is 0. The highest BCUT2D eigenvalue weighted by Crippen LogP contribution is 2.16. The highest BCUT2D eigenvalue weighted by atomic mass is 32.1. The van der Waals surface area contributed by atoms with Gasteiger partial charge in [0.1, 0.15) is 12.7 Å². The van der Waals surface area contributed by atoms with E-state index in [1.165, 1.54) is 24.0 Å². The molecule has 54 valence electrons. The van der Waals surface area contributed by atoms with E-state index >= 15 is 0 Å². The van der Waals surface area contributed by atoms with Crippen molar-refractivity contribution in [3.8, 4) is 10.7 Å². The van der Waals surface area contributed by atoms with Crippen LogP contribution in [0.5, 0.6) is 0 Å². The van der Waals surface area contributed by atoms with Crippen molar-refractivity contribution in [2.24, 2.45) is 0 Å². The summed E-state index contributed by atoms with van der Waals surface area (Å²) in [5.74, 6) is 0.683. The van der Waals surface area contributed by atoms with Crippen LogP contribution in [-0.2, 0) is 0 Å². The van der Waals surface area contributed by atoms with Crippen LogP contribution < -0.4 is 0 Å². The molecular formula is C6H4N4S. The summed E-state index contributed by atoms with van der Waals surface area (Å²) in [7, 11) is 0. The predicted molar refractivity (Wildman–Crippen MR) is 40.9 cm³/mol. The molecule has 0 N–H and O–H groups in total. The summed E-state index contributed by atoms with van der Waals surface area (Å²) in [6.45, 7) is 0. The Balaban J connectivity index is 2.46. The minimum Gasteiger partial charge on any atom is -0.252 e. The van der Waals surface area contributed by atoms with Gasteiger partial charge in [-0.1, -0.05) is 0 Å². The molecule has 0 aromatic carbocycles. The highest BCUT2D eigenvalue weighted by Gasteiger charge is 1.99. The maximum absolute atomic E-state index is 3.97. The molecule has 0 aliphatic carbocycles. The molecule has 0 spiro atoms. The topological polar surface area (TPSA) is 51.6 Å². The van der Waals surface area contributed by atoms with Crippen molar-refractivity contribution >= 4 is 11.3 Å². The molecule has 0 unspecified atom stereocenters. The third-order valence-electron chi connectivity index (χ3n) is 1.15. The van der Waals surface area contributed by atoms with Crippen molar-refractivity contribution in [3.63, 3.8) is 0 Å². The van der Waals surface area contributed by atoms with Crippen molar-refractivity contribution in [2.45, 2.75) is 0 Å². The molecule has 2 aromatic rings. The van der Waals surface area contributed by atoms with Crippen molar-refractivity contribution in [2.75, 3.05) is 0 Å². The highest BCUT2D eigenvalue weighted by molar-refractivity contribution is 7.13. The summed E-state index contributed by atoms with van der Waals surface area (Å²) < 4.78 is 0. The molecule has 4 nitrogen and oxygen atoms in total. The third-order valence-corrected chi connectivity index (χ3v) is 1.92. The Morgan fingerprint density at radius 1 is 1.09 bits per heavy atom. The fourth-order valence-corrected chi connectivity index (χ4v) is 1.26. The summed E-state index contributed by atoms with van der Waals surface area (Å²) >= 11 is 1.51. The zero-order valence-corrected chi connectivity index (χ0v) is 6.32. The average Bonchev–Trinajstić information content (AvgIpc) is 2.58.